The second-order valence-corrected chi connectivity index (χ2v) is 15.6. The Balaban J connectivity index is 0.995. The summed E-state index contributed by atoms with van der Waals surface area (Å²) >= 11 is 0. The number of hydrogen-bond donors (Lipinski definition) is 0. The molecule has 0 radical (unpaired) electrons. The number of rotatable bonds is 6. The van der Waals surface area contributed by atoms with Crippen LogP contribution in [0.3, 0.4) is 0 Å². The molecule has 1 saturated carbocycles. The highest BCUT2D eigenvalue weighted by Crippen LogP contribution is 2.61. The van der Waals surface area contributed by atoms with Gasteiger partial charge in [0, 0.05) is 81.3 Å². The van der Waals surface area contributed by atoms with Crippen LogP contribution in [0.5, 0.6) is 0 Å². The van der Waals surface area contributed by atoms with Crippen LogP contribution in [0.25, 0.3) is 83.8 Å². The van der Waals surface area contributed by atoms with E-state index in [1.807, 2.05) is 55.4 Å². The SMILES string of the molecule is C1=CC2(c3ccccc3-c3cccnc3)CC2Cc2c1n(-c1cccc(-n3c4ccc(-c5ccccc5-c5cccnc5)cc4c4cccnc43)c1)c1ncccc21. The Morgan fingerprint density at radius 1 is 0.517 bits per heavy atom. The third-order valence-electron chi connectivity index (χ3n) is 12.5. The summed E-state index contributed by atoms with van der Waals surface area (Å²) in [6, 6.07) is 50.0. The molecule has 6 heteroatoms. The van der Waals surface area contributed by atoms with Gasteiger partial charge in [-0.05, 0) is 125 Å². The minimum Gasteiger partial charge on any atom is -0.294 e. The van der Waals surface area contributed by atoms with Crippen molar-refractivity contribution in [2.75, 3.05) is 0 Å². The second kappa shape index (κ2) is 12.8. The number of nitrogens with zero attached hydrogens (tertiary/aromatic N) is 6. The Labute approximate surface area is 335 Å². The van der Waals surface area contributed by atoms with Gasteiger partial charge in [0.15, 0.2) is 0 Å². The molecule has 6 aromatic heterocycles. The lowest BCUT2D eigenvalue weighted by atomic mass is 9.86. The number of benzene rings is 4. The van der Waals surface area contributed by atoms with E-state index in [4.69, 9.17) is 9.97 Å². The first kappa shape index (κ1) is 32.8. The van der Waals surface area contributed by atoms with Crippen LogP contribution in [-0.2, 0) is 11.8 Å². The molecular weight excluding hydrogens is 709 g/mol. The van der Waals surface area contributed by atoms with E-state index in [1.54, 1.807) is 0 Å². The molecule has 10 aromatic rings. The maximum Gasteiger partial charge on any atom is 0.145 e. The van der Waals surface area contributed by atoms with Crippen LogP contribution in [0.15, 0.2) is 183 Å². The fourth-order valence-corrected chi connectivity index (χ4v) is 9.77. The summed E-state index contributed by atoms with van der Waals surface area (Å²) in [6.45, 7) is 0. The monoisotopic (exact) mass is 744 g/mol. The molecule has 6 nitrogen and oxygen atoms in total. The number of hydrogen-bond acceptors (Lipinski definition) is 4. The zero-order chi connectivity index (χ0) is 38.2. The lowest BCUT2D eigenvalue weighted by Crippen LogP contribution is -2.09. The van der Waals surface area contributed by atoms with E-state index in [0.717, 1.165) is 74.1 Å². The molecule has 58 heavy (non-hydrogen) atoms. The van der Waals surface area contributed by atoms with Crippen LogP contribution < -0.4 is 0 Å². The van der Waals surface area contributed by atoms with Crippen LogP contribution in [0.2, 0.25) is 0 Å². The van der Waals surface area contributed by atoms with Crippen molar-refractivity contribution in [3.8, 4) is 44.8 Å². The lowest BCUT2D eigenvalue weighted by Gasteiger charge is -2.18. The Bertz CT molecular complexity index is 3250. The molecule has 1 fully saturated rings. The smallest absolute Gasteiger partial charge is 0.145 e. The predicted molar refractivity (Wildman–Crippen MR) is 234 cm³/mol. The Kier molecular flexibility index (Phi) is 7.23. The van der Waals surface area contributed by atoms with E-state index in [9.17, 15) is 0 Å². The van der Waals surface area contributed by atoms with E-state index in [0.29, 0.717) is 5.92 Å². The lowest BCUT2D eigenvalue weighted by molar-refractivity contribution is 0.722. The molecule has 0 N–H and O–H groups in total. The highest BCUT2D eigenvalue weighted by molar-refractivity contribution is 6.09. The van der Waals surface area contributed by atoms with E-state index in [1.165, 1.54) is 33.3 Å². The highest BCUT2D eigenvalue weighted by atomic mass is 15.1. The summed E-state index contributed by atoms with van der Waals surface area (Å²) in [5.74, 6) is 0.498. The van der Waals surface area contributed by atoms with Crippen LogP contribution >= 0.6 is 0 Å². The van der Waals surface area contributed by atoms with Gasteiger partial charge in [-0.2, -0.15) is 0 Å². The maximum atomic E-state index is 5.02. The van der Waals surface area contributed by atoms with Gasteiger partial charge in [0.05, 0.1) is 11.2 Å². The molecule has 0 bridgehead atoms. The quantitative estimate of drug-likeness (QED) is 0.170. The number of fused-ring (bicyclic) bond motifs is 7. The predicted octanol–water partition coefficient (Wildman–Crippen LogP) is 11.8. The molecule has 12 rings (SSSR count). The standard InChI is InChI=1S/C52H36N6/c1-2-15-41(35-10-6-24-53-32-35)40(14-1)34-20-21-48-45(28-34)43-17-8-26-55-50(43)57(48)38-12-5-13-39(30-38)58-49-22-23-52(31-37(52)29-46(49)44-18-9-27-56-51(44)58)47-19-4-3-16-42(47)36-11-7-25-54-33-36/h1-28,30,32-33,37H,29,31H2. The van der Waals surface area contributed by atoms with Crippen molar-refractivity contribution in [1.29, 1.82) is 0 Å². The van der Waals surface area contributed by atoms with E-state index in [-0.39, 0.29) is 5.41 Å². The summed E-state index contributed by atoms with van der Waals surface area (Å²) < 4.78 is 4.67. The summed E-state index contributed by atoms with van der Waals surface area (Å²) in [5, 5.41) is 3.49. The summed E-state index contributed by atoms with van der Waals surface area (Å²) in [6.07, 6.45) is 18.4. The zero-order valence-corrected chi connectivity index (χ0v) is 31.6. The van der Waals surface area contributed by atoms with Gasteiger partial charge in [0.25, 0.3) is 0 Å². The van der Waals surface area contributed by atoms with Crippen molar-refractivity contribution in [3.63, 3.8) is 0 Å². The first-order valence-corrected chi connectivity index (χ1v) is 19.9. The van der Waals surface area contributed by atoms with Gasteiger partial charge in [-0.15, -0.1) is 0 Å². The molecule has 6 heterocycles. The van der Waals surface area contributed by atoms with Gasteiger partial charge in [-0.1, -0.05) is 78.9 Å². The van der Waals surface area contributed by atoms with E-state index >= 15 is 0 Å². The first-order chi connectivity index (χ1) is 28.7. The number of pyridine rings is 4. The minimum absolute atomic E-state index is 0.0291. The van der Waals surface area contributed by atoms with Gasteiger partial charge < -0.3 is 0 Å². The van der Waals surface area contributed by atoms with Gasteiger partial charge >= 0.3 is 0 Å². The molecule has 2 atom stereocenters. The van der Waals surface area contributed by atoms with Crippen LogP contribution in [-0.4, -0.2) is 29.1 Å². The van der Waals surface area contributed by atoms with Crippen molar-refractivity contribution in [3.05, 3.63) is 200 Å². The van der Waals surface area contributed by atoms with E-state index < -0.39 is 0 Å². The van der Waals surface area contributed by atoms with Crippen LogP contribution in [0.4, 0.5) is 0 Å². The molecule has 4 aromatic carbocycles. The van der Waals surface area contributed by atoms with Crippen molar-refractivity contribution in [2.24, 2.45) is 5.92 Å². The van der Waals surface area contributed by atoms with Crippen LogP contribution in [0.1, 0.15) is 23.2 Å². The van der Waals surface area contributed by atoms with Crippen LogP contribution in [0, 0.1) is 5.92 Å². The Morgan fingerprint density at radius 2 is 1.17 bits per heavy atom. The highest BCUT2D eigenvalue weighted by Gasteiger charge is 2.55. The van der Waals surface area contributed by atoms with Gasteiger partial charge in [-0.3, -0.25) is 19.1 Å². The largest absolute Gasteiger partial charge is 0.294 e. The molecular formula is C52H36N6. The fraction of sp³-hybridized carbons (Fsp3) is 0.0769. The maximum absolute atomic E-state index is 5.02. The van der Waals surface area contributed by atoms with E-state index in [2.05, 4.69) is 153 Å². The van der Waals surface area contributed by atoms with Gasteiger partial charge in [0.1, 0.15) is 11.3 Å². The summed E-state index contributed by atoms with van der Waals surface area (Å²) in [4.78, 5) is 18.9. The van der Waals surface area contributed by atoms with Crippen molar-refractivity contribution >= 4 is 39.0 Å². The zero-order valence-electron chi connectivity index (χ0n) is 31.6. The molecule has 0 amide bonds. The summed E-state index contributed by atoms with van der Waals surface area (Å²) in [5.41, 5.74) is 16.1. The molecule has 274 valence electrons. The number of aromatic nitrogens is 6. The minimum atomic E-state index is -0.0291. The fourth-order valence-electron chi connectivity index (χ4n) is 9.77. The molecule has 0 aliphatic heterocycles. The number of allylic oxidation sites excluding steroid dienone is 1. The summed E-state index contributed by atoms with van der Waals surface area (Å²) in [7, 11) is 0. The Hall–Kier alpha value is -7.44. The van der Waals surface area contributed by atoms with Crippen molar-refractivity contribution < 1.29 is 0 Å². The van der Waals surface area contributed by atoms with Crippen molar-refractivity contribution in [1.82, 2.24) is 29.1 Å². The molecule has 2 aliphatic rings. The first-order valence-electron chi connectivity index (χ1n) is 19.9. The normalized spacial score (nSPS) is 17.0. The van der Waals surface area contributed by atoms with Crippen molar-refractivity contribution in [2.45, 2.75) is 18.3 Å². The molecule has 0 saturated heterocycles. The topological polar surface area (TPSA) is 61.4 Å². The van der Waals surface area contributed by atoms with Gasteiger partial charge in [0.2, 0.25) is 0 Å². The third kappa shape index (κ3) is 4.98. The Morgan fingerprint density at radius 3 is 1.93 bits per heavy atom. The average Bonchev–Trinajstić information content (AvgIpc) is 3.83. The molecule has 2 unspecified atom stereocenters. The molecule has 0 spiro atoms. The molecule has 2 aliphatic carbocycles. The average molecular weight is 745 g/mol. The van der Waals surface area contributed by atoms with Gasteiger partial charge in [-0.25, -0.2) is 9.97 Å². The second-order valence-electron chi connectivity index (χ2n) is 15.6. The third-order valence-corrected chi connectivity index (χ3v) is 12.5.